The van der Waals surface area contributed by atoms with E-state index in [9.17, 15) is 4.79 Å². The van der Waals surface area contributed by atoms with Crippen molar-refractivity contribution in [2.45, 2.75) is 25.7 Å². The molecule has 0 bridgehead atoms. The maximum atomic E-state index is 12.7. The average Bonchev–Trinajstić information content (AvgIpc) is 2.46. The third-order valence-corrected chi connectivity index (χ3v) is 3.55. The molecular weight excluding hydrogens is 240 g/mol. The minimum Gasteiger partial charge on any atom is -0.492 e. The van der Waals surface area contributed by atoms with Crippen LogP contribution in [-0.2, 0) is 0 Å². The van der Waals surface area contributed by atoms with E-state index in [1.54, 1.807) is 18.2 Å². The van der Waals surface area contributed by atoms with Crippen molar-refractivity contribution in [3.05, 3.63) is 29.8 Å². The van der Waals surface area contributed by atoms with Gasteiger partial charge >= 0.3 is 0 Å². The van der Waals surface area contributed by atoms with Crippen LogP contribution in [0.5, 0.6) is 5.75 Å². The fourth-order valence-electron chi connectivity index (χ4n) is 2.43. The number of nitrogens with zero attached hydrogens (tertiary/aromatic N) is 2. The fraction of sp³-hybridized carbons (Fsp3) is 0.400. The van der Waals surface area contributed by atoms with Crippen LogP contribution in [0.25, 0.3) is 0 Å². The molecule has 1 heterocycles. The van der Waals surface area contributed by atoms with Crippen molar-refractivity contribution in [2.75, 3.05) is 6.61 Å². The van der Waals surface area contributed by atoms with Crippen LogP contribution in [0.4, 0.5) is 0 Å². The number of para-hydroxylation sites is 1. The number of Topliss-reactive ketones (excluding diaryl/α,β-unsaturated/α-hetero) is 1. The van der Waals surface area contributed by atoms with Gasteiger partial charge in [-0.3, -0.25) is 4.79 Å². The Morgan fingerprint density at radius 3 is 2.42 bits per heavy atom. The molecule has 0 radical (unpaired) electrons. The summed E-state index contributed by atoms with van der Waals surface area (Å²) in [6.45, 7) is 0.256. The number of rotatable bonds is 4. The Balaban J connectivity index is 2.33. The molecule has 0 spiro atoms. The van der Waals surface area contributed by atoms with Gasteiger partial charge in [-0.15, -0.1) is 0 Å². The quantitative estimate of drug-likeness (QED) is 0.828. The number of carbonyl (C=O) groups is 1. The van der Waals surface area contributed by atoms with Crippen LogP contribution in [0.2, 0.25) is 0 Å². The summed E-state index contributed by atoms with van der Waals surface area (Å²) in [4.78, 5) is 12.7. The van der Waals surface area contributed by atoms with E-state index >= 15 is 0 Å². The molecule has 4 heteroatoms. The molecule has 0 N–H and O–H groups in total. The standard InChI is InChI=1S/C15H14N2O2/c16-9-3-7-15(8-4-10-17)11-19-13-6-2-1-5-12(13)14(15)18/h1-2,5-6H,3-4,7-8,11H2. The van der Waals surface area contributed by atoms with Crippen LogP contribution in [-0.4, -0.2) is 12.4 Å². The normalized spacial score (nSPS) is 15.8. The second-order valence-electron chi connectivity index (χ2n) is 4.71. The summed E-state index contributed by atoms with van der Waals surface area (Å²) >= 11 is 0. The summed E-state index contributed by atoms with van der Waals surface area (Å²) in [6.07, 6.45) is 1.47. The number of ketones is 1. The molecule has 0 atom stereocenters. The molecule has 0 fully saturated rings. The molecule has 0 saturated carbocycles. The van der Waals surface area contributed by atoms with Gasteiger partial charge in [0.15, 0.2) is 5.78 Å². The number of fused-ring (bicyclic) bond motifs is 1. The lowest BCUT2D eigenvalue weighted by Gasteiger charge is -2.35. The first-order valence-corrected chi connectivity index (χ1v) is 6.24. The van der Waals surface area contributed by atoms with Crippen molar-refractivity contribution in [1.29, 1.82) is 10.5 Å². The van der Waals surface area contributed by atoms with Crippen molar-refractivity contribution in [2.24, 2.45) is 5.41 Å². The topological polar surface area (TPSA) is 73.9 Å². The summed E-state index contributed by atoms with van der Waals surface area (Å²) < 4.78 is 5.66. The van der Waals surface area contributed by atoms with Crippen LogP contribution in [0.1, 0.15) is 36.0 Å². The van der Waals surface area contributed by atoms with Gasteiger partial charge in [0, 0.05) is 12.8 Å². The van der Waals surface area contributed by atoms with Gasteiger partial charge in [-0.2, -0.15) is 10.5 Å². The second-order valence-corrected chi connectivity index (χ2v) is 4.71. The van der Waals surface area contributed by atoms with Gasteiger partial charge in [0.1, 0.15) is 12.4 Å². The maximum absolute atomic E-state index is 12.7. The Morgan fingerprint density at radius 2 is 1.79 bits per heavy atom. The largest absolute Gasteiger partial charge is 0.492 e. The van der Waals surface area contributed by atoms with Crippen LogP contribution in [0, 0.1) is 28.1 Å². The van der Waals surface area contributed by atoms with Gasteiger partial charge in [0.2, 0.25) is 0 Å². The third-order valence-electron chi connectivity index (χ3n) is 3.55. The van der Waals surface area contributed by atoms with Crippen molar-refractivity contribution in [1.82, 2.24) is 0 Å². The molecule has 4 nitrogen and oxygen atoms in total. The SMILES string of the molecule is N#CCCC1(CCC#N)COc2ccccc2C1=O. The van der Waals surface area contributed by atoms with E-state index in [1.807, 2.05) is 6.07 Å². The highest BCUT2D eigenvalue weighted by atomic mass is 16.5. The van der Waals surface area contributed by atoms with Crippen LogP contribution < -0.4 is 4.74 Å². The van der Waals surface area contributed by atoms with E-state index in [2.05, 4.69) is 12.1 Å². The highest BCUT2D eigenvalue weighted by Gasteiger charge is 2.43. The molecule has 1 aromatic carbocycles. The Morgan fingerprint density at radius 1 is 1.16 bits per heavy atom. The summed E-state index contributed by atoms with van der Waals surface area (Å²) in [5.74, 6) is 0.594. The lowest BCUT2D eigenvalue weighted by molar-refractivity contribution is 0.0559. The first-order chi connectivity index (χ1) is 9.23. The van der Waals surface area contributed by atoms with E-state index in [4.69, 9.17) is 15.3 Å². The number of ether oxygens (including phenoxy) is 1. The number of nitriles is 2. The predicted molar refractivity (Wildman–Crippen MR) is 68.4 cm³/mol. The first kappa shape index (κ1) is 13.1. The highest BCUT2D eigenvalue weighted by molar-refractivity contribution is 6.03. The van der Waals surface area contributed by atoms with Gasteiger partial charge in [0.25, 0.3) is 0 Å². The van der Waals surface area contributed by atoms with Crippen molar-refractivity contribution in [3.8, 4) is 17.9 Å². The van der Waals surface area contributed by atoms with Gasteiger partial charge < -0.3 is 4.74 Å². The zero-order valence-electron chi connectivity index (χ0n) is 10.6. The minimum absolute atomic E-state index is 0.000139. The van der Waals surface area contributed by atoms with Gasteiger partial charge in [-0.25, -0.2) is 0 Å². The second kappa shape index (κ2) is 5.54. The van der Waals surface area contributed by atoms with Gasteiger partial charge in [0.05, 0.1) is 23.1 Å². The lowest BCUT2D eigenvalue weighted by Crippen LogP contribution is -2.41. The van der Waals surface area contributed by atoms with E-state index in [0.29, 0.717) is 37.0 Å². The van der Waals surface area contributed by atoms with E-state index in [-0.39, 0.29) is 12.4 Å². The van der Waals surface area contributed by atoms with E-state index < -0.39 is 5.41 Å². The van der Waals surface area contributed by atoms with Gasteiger partial charge in [-0.05, 0) is 25.0 Å². The number of carbonyl (C=O) groups excluding carboxylic acids is 1. The summed E-state index contributed by atoms with van der Waals surface area (Å²) in [5.41, 5.74) is -0.163. The number of hydrogen-bond donors (Lipinski definition) is 0. The first-order valence-electron chi connectivity index (χ1n) is 6.24. The zero-order valence-corrected chi connectivity index (χ0v) is 10.6. The Hall–Kier alpha value is -2.33. The molecule has 0 aliphatic carbocycles. The third kappa shape index (κ3) is 2.44. The fourth-order valence-corrected chi connectivity index (χ4v) is 2.43. The maximum Gasteiger partial charge on any atom is 0.176 e. The molecule has 2 rings (SSSR count). The molecule has 0 saturated heterocycles. The molecular formula is C15H14N2O2. The summed E-state index contributed by atoms with van der Waals surface area (Å²) in [6, 6.07) is 11.3. The van der Waals surface area contributed by atoms with Crippen molar-refractivity contribution in [3.63, 3.8) is 0 Å². The smallest absolute Gasteiger partial charge is 0.176 e. The summed E-state index contributed by atoms with van der Waals surface area (Å²) in [5, 5.41) is 17.5. The molecule has 19 heavy (non-hydrogen) atoms. The molecule has 0 unspecified atom stereocenters. The van der Waals surface area contributed by atoms with E-state index in [1.165, 1.54) is 0 Å². The summed E-state index contributed by atoms with van der Waals surface area (Å²) in [7, 11) is 0. The molecule has 1 aliphatic rings. The molecule has 1 aliphatic heterocycles. The molecule has 1 aromatic rings. The monoisotopic (exact) mass is 254 g/mol. The van der Waals surface area contributed by atoms with Crippen LogP contribution in [0.15, 0.2) is 24.3 Å². The van der Waals surface area contributed by atoms with Crippen LogP contribution >= 0.6 is 0 Å². The zero-order chi connectivity index (χ0) is 13.7. The highest BCUT2D eigenvalue weighted by Crippen LogP contribution is 2.40. The Bertz CT molecular complexity index is 548. The molecule has 0 amide bonds. The number of hydrogen-bond acceptors (Lipinski definition) is 4. The van der Waals surface area contributed by atoms with Crippen LogP contribution in [0.3, 0.4) is 0 Å². The number of benzene rings is 1. The molecule has 96 valence electrons. The Labute approximate surface area is 112 Å². The van der Waals surface area contributed by atoms with Crippen molar-refractivity contribution >= 4 is 5.78 Å². The predicted octanol–water partition coefficient (Wildman–Crippen LogP) is 2.86. The lowest BCUT2D eigenvalue weighted by atomic mass is 9.72. The van der Waals surface area contributed by atoms with Crippen molar-refractivity contribution < 1.29 is 9.53 Å². The minimum atomic E-state index is -0.722. The average molecular weight is 254 g/mol. The van der Waals surface area contributed by atoms with E-state index in [0.717, 1.165) is 0 Å². The molecule has 0 aromatic heterocycles. The van der Waals surface area contributed by atoms with Gasteiger partial charge in [-0.1, -0.05) is 12.1 Å². The Kier molecular flexibility index (Phi) is 3.82.